The van der Waals surface area contributed by atoms with E-state index in [9.17, 15) is 8.78 Å². The van der Waals surface area contributed by atoms with Crippen molar-refractivity contribution in [3.05, 3.63) is 21.0 Å². The minimum atomic E-state index is -2.55. The molecule has 0 saturated carbocycles. The highest BCUT2D eigenvalue weighted by atomic mass is 127. The predicted octanol–water partition coefficient (Wildman–Crippen LogP) is 2.94. The van der Waals surface area contributed by atoms with Crippen molar-refractivity contribution in [2.24, 2.45) is 0 Å². The maximum Gasteiger partial charge on any atom is 0.266 e. The second-order valence-corrected chi connectivity index (χ2v) is 3.63. The first kappa shape index (κ1) is 10.9. The monoisotopic (exact) mass is 318 g/mol. The molecule has 0 aromatic carbocycles. The van der Waals surface area contributed by atoms with Crippen LogP contribution in [0.25, 0.3) is 0 Å². The molecule has 0 radical (unpaired) electrons. The van der Waals surface area contributed by atoms with Gasteiger partial charge < -0.3 is 5.73 Å². The van der Waals surface area contributed by atoms with Crippen molar-refractivity contribution in [1.82, 2.24) is 4.98 Å². The summed E-state index contributed by atoms with van der Waals surface area (Å²) >= 11 is 7.24. The van der Waals surface area contributed by atoms with Crippen molar-refractivity contribution in [2.45, 2.75) is 12.3 Å². The Bertz CT molecular complexity index is 320. The zero-order valence-corrected chi connectivity index (χ0v) is 9.31. The molecule has 0 fully saturated rings. The summed E-state index contributed by atoms with van der Waals surface area (Å²) in [5.41, 5.74) is 5.96. The highest BCUT2D eigenvalue weighted by molar-refractivity contribution is 14.1. The van der Waals surface area contributed by atoms with Crippen molar-refractivity contribution in [2.75, 3.05) is 5.73 Å². The van der Waals surface area contributed by atoms with Gasteiger partial charge in [0.15, 0.2) is 0 Å². The molecule has 1 aromatic rings. The van der Waals surface area contributed by atoms with Crippen molar-refractivity contribution < 1.29 is 8.78 Å². The summed E-state index contributed by atoms with van der Waals surface area (Å²) in [6, 6.07) is 1.22. The molecular formula is C7H6ClF2IN2. The molecule has 2 nitrogen and oxygen atoms in total. The first-order chi connectivity index (χ1) is 6.06. The van der Waals surface area contributed by atoms with Gasteiger partial charge in [0.25, 0.3) is 6.43 Å². The van der Waals surface area contributed by atoms with Crippen LogP contribution in [0.4, 0.5) is 14.5 Å². The largest absolute Gasteiger partial charge is 0.397 e. The summed E-state index contributed by atoms with van der Waals surface area (Å²) in [5.74, 6) is 0.130. The lowest BCUT2D eigenvalue weighted by Crippen LogP contribution is -2.02. The van der Waals surface area contributed by atoms with Gasteiger partial charge >= 0.3 is 0 Å². The Morgan fingerprint density at radius 3 is 2.69 bits per heavy atom. The number of nitrogens with two attached hydrogens (primary N) is 1. The molecule has 1 rings (SSSR count). The Balaban J connectivity index is 3.20. The van der Waals surface area contributed by atoms with Crippen LogP contribution in [-0.2, 0) is 5.88 Å². The number of nitrogen functional groups attached to an aromatic ring is 1. The summed E-state index contributed by atoms with van der Waals surface area (Å²) in [6.07, 6.45) is -2.55. The number of halogens is 4. The average Bonchev–Trinajstić information content (AvgIpc) is 2.07. The van der Waals surface area contributed by atoms with Gasteiger partial charge in [-0.2, -0.15) is 0 Å². The van der Waals surface area contributed by atoms with E-state index in [0.29, 0.717) is 5.69 Å². The van der Waals surface area contributed by atoms with Crippen molar-refractivity contribution >= 4 is 39.9 Å². The number of nitrogens with zero attached hydrogens (tertiary/aromatic N) is 1. The van der Waals surface area contributed by atoms with E-state index in [1.807, 2.05) is 0 Å². The quantitative estimate of drug-likeness (QED) is 0.517. The molecular weight excluding hydrogens is 312 g/mol. The van der Waals surface area contributed by atoms with E-state index in [1.165, 1.54) is 6.07 Å². The van der Waals surface area contributed by atoms with Gasteiger partial charge in [-0.05, 0) is 28.7 Å². The first-order valence-corrected chi connectivity index (χ1v) is 4.96. The predicted molar refractivity (Wildman–Crippen MR) is 55.9 cm³/mol. The molecule has 0 saturated heterocycles. The molecule has 1 heterocycles. The van der Waals surface area contributed by atoms with Crippen molar-refractivity contribution in [1.29, 1.82) is 0 Å². The van der Waals surface area contributed by atoms with Crippen molar-refractivity contribution in [3.8, 4) is 0 Å². The molecule has 0 spiro atoms. The van der Waals surface area contributed by atoms with Crippen LogP contribution in [0.1, 0.15) is 17.7 Å². The van der Waals surface area contributed by atoms with Gasteiger partial charge in [-0.1, -0.05) is 0 Å². The molecule has 0 amide bonds. The number of alkyl halides is 3. The third-order valence-electron chi connectivity index (χ3n) is 1.48. The van der Waals surface area contributed by atoms with E-state index >= 15 is 0 Å². The fourth-order valence-electron chi connectivity index (χ4n) is 0.818. The maximum absolute atomic E-state index is 12.3. The maximum atomic E-state index is 12.3. The Morgan fingerprint density at radius 2 is 2.23 bits per heavy atom. The molecule has 0 aliphatic carbocycles. The van der Waals surface area contributed by atoms with E-state index in [0.717, 1.165) is 0 Å². The zero-order chi connectivity index (χ0) is 10.0. The van der Waals surface area contributed by atoms with Gasteiger partial charge in [0, 0.05) is 0 Å². The Morgan fingerprint density at radius 1 is 1.62 bits per heavy atom. The summed E-state index contributed by atoms with van der Waals surface area (Å²) < 4.78 is 24.9. The van der Waals surface area contributed by atoms with E-state index in [2.05, 4.69) is 4.98 Å². The second-order valence-electron chi connectivity index (χ2n) is 2.34. The lowest BCUT2D eigenvalue weighted by Gasteiger charge is -2.06. The summed E-state index contributed by atoms with van der Waals surface area (Å²) in [5, 5.41) is 0. The highest BCUT2D eigenvalue weighted by Crippen LogP contribution is 2.26. The third-order valence-corrected chi connectivity index (χ3v) is 2.59. The van der Waals surface area contributed by atoms with Gasteiger partial charge in [-0.25, -0.2) is 13.8 Å². The molecule has 6 heteroatoms. The number of rotatable bonds is 2. The number of hydrogen-bond donors (Lipinski definition) is 1. The Kier molecular flexibility index (Phi) is 3.66. The van der Waals surface area contributed by atoms with Gasteiger partial charge in [-0.3, -0.25) is 0 Å². The van der Waals surface area contributed by atoms with Crippen molar-refractivity contribution in [3.63, 3.8) is 0 Å². The number of anilines is 1. The molecule has 0 aliphatic heterocycles. The lowest BCUT2D eigenvalue weighted by molar-refractivity contribution is 0.150. The fourth-order valence-corrected chi connectivity index (χ4v) is 1.71. The molecule has 0 bridgehead atoms. The van der Waals surface area contributed by atoms with Crippen LogP contribution in [0, 0.1) is 3.70 Å². The molecule has 0 unspecified atom stereocenters. The fraction of sp³-hybridized carbons (Fsp3) is 0.286. The minimum Gasteiger partial charge on any atom is -0.397 e. The molecule has 0 aliphatic rings. The van der Waals surface area contributed by atoms with Crippen LogP contribution in [0.2, 0.25) is 0 Å². The van der Waals surface area contributed by atoms with E-state index < -0.39 is 6.43 Å². The van der Waals surface area contributed by atoms with Crippen LogP contribution < -0.4 is 5.73 Å². The molecule has 72 valence electrons. The van der Waals surface area contributed by atoms with E-state index in [4.69, 9.17) is 17.3 Å². The average molecular weight is 318 g/mol. The third kappa shape index (κ3) is 2.40. The van der Waals surface area contributed by atoms with Crippen LogP contribution in [-0.4, -0.2) is 4.98 Å². The highest BCUT2D eigenvalue weighted by Gasteiger charge is 2.15. The van der Waals surface area contributed by atoms with Crippen LogP contribution in [0.3, 0.4) is 0 Å². The van der Waals surface area contributed by atoms with Gasteiger partial charge in [0.1, 0.15) is 3.70 Å². The molecule has 13 heavy (non-hydrogen) atoms. The van der Waals surface area contributed by atoms with Crippen LogP contribution in [0.5, 0.6) is 0 Å². The zero-order valence-electron chi connectivity index (χ0n) is 6.40. The van der Waals surface area contributed by atoms with Crippen LogP contribution in [0.15, 0.2) is 6.07 Å². The molecule has 1 aromatic heterocycles. The second kappa shape index (κ2) is 4.36. The molecule has 2 N–H and O–H groups in total. The van der Waals surface area contributed by atoms with E-state index in [1.54, 1.807) is 22.6 Å². The van der Waals surface area contributed by atoms with Crippen LogP contribution >= 0.6 is 34.2 Å². The summed E-state index contributed by atoms with van der Waals surface area (Å²) in [7, 11) is 0. The Labute approximate surface area is 92.6 Å². The van der Waals surface area contributed by atoms with E-state index in [-0.39, 0.29) is 20.8 Å². The van der Waals surface area contributed by atoms with Gasteiger partial charge in [0.05, 0.1) is 22.8 Å². The lowest BCUT2D eigenvalue weighted by atomic mass is 10.2. The number of hydrogen-bond acceptors (Lipinski definition) is 2. The smallest absolute Gasteiger partial charge is 0.266 e. The Hall–Kier alpha value is -0.170. The minimum absolute atomic E-state index is 0.130. The van der Waals surface area contributed by atoms with Gasteiger partial charge in [-0.15, -0.1) is 11.6 Å². The topological polar surface area (TPSA) is 38.9 Å². The summed E-state index contributed by atoms with van der Waals surface area (Å²) in [6.45, 7) is 0. The molecule has 0 atom stereocenters. The SMILES string of the molecule is Nc1cc(C(F)F)c(I)nc1CCl. The standard InChI is InChI=1S/C7H6ClF2IN2/c8-2-5-4(12)1-3(6(9)10)7(11)13-5/h1,6H,2,12H2. The number of aromatic nitrogens is 1. The number of pyridine rings is 1. The van der Waals surface area contributed by atoms with Gasteiger partial charge in [0.2, 0.25) is 0 Å². The first-order valence-electron chi connectivity index (χ1n) is 3.35. The summed E-state index contributed by atoms with van der Waals surface area (Å²) in [4.78, 5) is 3.86. The normalized spacial score (nSPS) is 10.8.